The van der Waals surface area contributed by atoms with E-state index < -0.39 is 5.91 Å². The Kier molecular flexibility index (Phi) is 4.76. The van der Waals surface area contributed by atoms with E-state index >= 15 is 0 Å². The second-order valence-electron chi connectivity index (χ2n) is 8.49. The molecule has 0 aliphatic carbocycles. The quantitative estimate of drug-likeness (QED) is 0.612. The highest BCUT2D eigenvalue weighted by atomic mass is 16.1. The summed E-state index contributed by atoms with van der Waals surface area (Å²) in [4.78, 5) is 20.3. The number of rotatable bonds is 5. The zero-order valence-electron chi connectivity index (χ0n) is 17.7. The average molecular weight is 404 g/mol. The number of aromatic amines is 1. The van der Waals surface area contributed by atoms with E-state index in [1.165, 1.54) is 11.1 Å². The van der Waals surface area contributed by atoms with E-state index in [2.05, 4.69) is 58.3 Å². The molecule has 1 fully saturated rings. The van der Waals surface area contributed by atoms with Gasteiger partial charge in [-0.25, -0.2) is 0 Å². The van der Waals surface area contributed by atoms with Gasteiger partial charge in [-0.3, -0.25) is 9.69 Å². The first kappa shape index (κ1) is 19.2. The van der Waals surface area contributed by atoms with Crippen LogP contribution in [0.25, 0.3) is 22.2 Å². The second-order valence-corrected chi connectivity index (χ2v) is 8.49. The third kappa shape index (κ3) is 3.16. The van der Waals surface area contributed by atoms with Gasteiger partial charge in [-0.15, -0.1) is 0 Å². The van der Waals surface area contributed by atoms with Gasteiger partial charge >= 0.3 is 0 Å². The predicted molar refractivity (Wildman–Crippen MR) is 122 cm³/mol. The summed E-state index contributed by atoms with van der Waals surface area (Å²) in [5, 5.41) is 4.38. The Morgan fingerprint density at radius 3 is 2.73 bits per heavy atom. The van der Waals surface area contributed by atoms with Crippen LogP contribution in [-0.4, -0.2) is 55.1 Å². The highest BCUT2D eigenvalue weighted by Crippen LogP contribution is 2.35. The summed E-state index contributed by atoms with van der Waals surface area (Å²) in [6, 6.07) is 13.2. The van der Waals surface area contributed by atoms with Gasteiger partial charge in [0.2, 0.25) is 0 Å². The molecule has 0 atom stereocenters. The summed E-state index contributed by atoms with van der Waals surface area (Å²) in [6.45, 7) is 7.39. The fraction of sp³-hybridized carbons (Fsp3) is 0.375. The number of hydrogen-bond donors (Lipinski definition) is 3. The van der Waals surface area contributed by atoms with Crippen molar-refractivity contribution in [2.45, 2.75) is 25.9 Å². The SMILES string of the molecule is CCN1CCc2cc(-c3cc4c(N(C)C5CNC5)ccc(C(N)=O)c4[nH]3)ccc2C1. The van der Waals surface area contributed by atoms with Crippen LogP contribution in [0.4, 0.5) is 5.69 Å². The predicted octanol–water partition coefficient (Wildman–Crippen LogP) is 2.72. The lowest BCUT2D eigenvalue weighted by molar-refractivity contribution is 0.100. The topological polar surface area (TPSA) is 77.4 Å². The molecule has 2 aliphatic heterocycles. The summed E-state index contributed by atoms with van der Waals surface area (Å²) in [7, 11) is 2.12. The molecule has 1 aromatic heterocycles. The fourth-order valence-corrected chi connectivity index (χ4v) is 4.67. The van der Waals surface area contributed by atoms with Gasteiger partial charge in [0.15, 0.2) is 0 Å². The number of benzene rings is 2. The Hall–Kier alpha value is -2.83. The second kappa shape index (κ2) is 7.45. The number of primary amides is 1. The van der Waals surface area contributed by atoms with Crippen LogP contribution in [0.2, 0.25) is 0 Å². The number of aromatic nitrogens is 1. The number of nitrogens with two attached hydrogens (primary N) is 1. The molecule has 2 aromatic carbocycles. The molecule has 3 aromatic rings. The summed E-state index contributed by atoms with van der Waals surface area (Å²) >= 11 is 0. The Morgan fingerprint density at radius 2 is 2.03 bits per heavy atom. The molecule has 0 radical (unpaired) electrons. The minimum absolute atomic E-state index is 0.405. The van der Waals surface area contributed by atoms with Crippen LogP contribution < -0.4 is 16.0 Å². The Morgan fingerprint density at radius 1 is 1.20 bits per heavy atom. The fourth-order valence-electron chi connectivity index (χ4n) is 4.67. The number of amides is 1. The minimum Gasteiger partial charge on any atom is -0.369 e. The van der Waals surface area contributed by atoms with Crippen molar-refractivity contribution < 1.29 is 4.79 Å². The van der Waals surface area contributed by atoms with E-state index in [0.717, 1.165) is 67.0 Å². The van der Waals surface area contributed by atoms with E-state index in [0.29, 0.717) is 11.6 Å². The molecule has 1 amide bonds. The molecule has 0 spiro atoms. The molecule has 1 saturated heterocycles. The molecule has 156 valence electrons. The first-order chi connectivity index (χ1) is 14.5. The van der Waals surface area contributed by atoms with Crippen molar-refractivity contribution in [3.63, 3.8) is 0 Å². The zero-order valence-corrected chi connectivity index (χ0v) is 17.7. The van der Waals surface area contributed by atoms with Crippen LogP contribution in [-0.2, 0) is 13.0 Å². The molecule has 0 saturated carbocycles. The monoisotopic (exact) mass is 403 g/mol. The maximum Gasteiger partial charge on any atom is 0.250 e. The van der Waals surface area contributed by atoms with Crippen molar-refractivity contribution in [2.24, 2.45) is 5.73 Å². The van der Waals surface area contributed by atoms with Crippen molar-refractivity contribution in [1.82, 2.24) is 15.2 Å². The number of carbonyl (C=O) groups is 1. The van der Waals surface area contributed by atoms with Gasteiger partial charge < -0.3 is 20.9 Å². The lowest BCUT2D eigenvalue weighted by Gasteiger charge is -2.37. The molecule has 4 N–H and O–H groups in total. The number of H-pyrrole nitrogens is 1. The summed E-state index contributed by atoms with van der Waals surface area (Å²) in [6.07, 6.45) is 1.08. The molecular weight excluding hydrogens is 374 g/mol. The van der Waals surface area contributed by atoms with Gasteiger partial charge in [0.1, 0.15) is 0 Å². The number of nitrogens with zero attached hydrogens (tertiary/aromatic N) is 2. The van der Waals surface area contributed by atoms with Crippen molar-refractivity contribution in [2.75, 3.05) is 38.1 Å². The van der Waals surface area contributed by atoms with Crippen LogP contribution in [0, 0.1) is 0 Å². The smallest absolute Gasteiger partial charge is 0.250 e. The van der Waals surface area contributed by atoms with Crippen molar-refractivity contribution >= 4 is 22.5 Å². The van der Waals surface area contributed by atoms with Gasteiger partial charge in [0.25, 0.3) is 5.91 Å². The first-order valence-electron chi connectivity index (χ1n) is 10.8. The lowest BCUT2D eigenvalue weighted by atomic mass is 9.96. The molecule has 6 heteroatoms. The number of anilines is 1. The summed E-state index contributed by atoms with van der Waals surface area (Å²) < 4.78 is 0. The summed E-state index contributed by atoms with van der Waals surface area (Å²) in [5.41, 5.74) is 13.2. The molecular formula is C24H29N5O. The standard InChI is InChI=1S/C24H29N5O/c1-3-29-9-8-15-10-16(4-5-17(15)14-29)21-11-20-22(28(2)18-12-26-13-18)7-6-19(24(25)30)23(20)27-21/h4-7,10-11,18,26-27H,3,8-9,12-14H2,1-2H3,(H2,25,30). The van der Waals surface area contributed by atoms with Crippen LogP contribution in [0.15, 0.2) is 36.4 Å². The number of likely N-dealkylation sites (N-methyl/N-ethyl adjacent to an activating group) is 2. The van der Waals surface area contributed by atoms with Gasteiger partial charge in [0, 0.05) is 50.0 Å². The number of carbonyl (C=O) groups excluding carboxylic acids is 1. The molecule has 30 heavy (non-hydrogen) atoms. The highest BCUT2D eigenvalue weighted by Gasteiger charge is 2.25. The van der Waals surface area contributed by atoms with Crippen LogP contribution in [0.3, 0.4) is 0 Å². The Bertz CT molecular complexity index is 1110. The number of fused-ring (bicyclic) bond motifs is 2. The number of nitrogens with one attached hydrogen (secondary N) is 2. The molecule has 3 heterocycles. The number of hydrogen-bond acceptors (Lipinski definition) is 4. The molecule has 6 nitrogen and oxygen atoms in total. The third-order valence-corrected chi connectivity index (χ3v) is 6.78. The lowest BCUT2D eigenvalue weighted by Crippen LogP contribution is -2.56. The molecule has 0 unspecified atom stereocenters. The average Bonchev–Trinajstić information content (AvgIpc) is 3.16. The van der Waals surface area contributed by atoms with Gasteiger partial charge in [0.05, 0.1) is 17.1 Å². The van der Waals surface area contributed by atoms with Gasteiger partial charge in [-0.2, -0.15) is 0 Å². The van der Waals surface area contributed by atoms with E-state index in [9.17, 15) is 4.79 Å². The summed E-state index contributed by atoms with van der Waals surface area (Å²) in [5.74, 6) is -0.405. The van der Waals surface area contributed by atoms with Crippen LogP contribution >= 0.6 is 0 Å². The maximum atomic E-state index is 12.1. The van der Waals surface area contributed by atoms with Crippen molar-refractivity contribution in [3.8, 4) is 11.3 Å². The molecule has 0 bridgehead atoms. The van der Waals surface area contributed by atoms with Crippen molar-refractivity contribution in [1.29, 1.82) is 0 Å². The Labute approximate surface area is 177 Å². The van der Waals surface area contributed by atoms with E-state index in [1.54, 1.807) is 0 Å². The third-order valence-electron chi connectivity index (χ3n) is 6.78. The van der Waals surface area contributed by atoms with Gasteiger partial charge in [-0.1, -0.05) is 19.1 Å². The normalized spacial score (nSPS) is 17.0. The first-order valence-corrected chi connectivity index (χ1v) is 10.8. The van der Waals surface area contributed by atoms with Crippen LogP contribution in [0.1, 0.15) is 28.4 Å². The minimum atomic E-state index is -0.405. The van der Waals surface area contributed by atoms with Crippen molar-refractivity contribution in [3.05, 3.63) is 53.1 Å². The van der Waals surface area contributed by atoms with E-state index in [1.807, 2.05) is 12.1 Å². The van der Waals surface area contributed by atoms with E-state index in [4.69, 9.17) is 5.73 Å². The largest absolute Gasteiger partial charge is 0.369 e. The molecule has 2 aliphatic rings. The highest BCUT2D eigenvalue weighted by molar-refractivity contribution is 6.10. The Balaban J connectivity index is 1.58. The molecule has 5 rings (SSSR count). The zero-order chi connectivity index (χ0) is 20.8. The maximum absolute atomic E-state index is 12.1. The van der Waals surface area contributed by atoms with Crippen LogP contribution in [0.5, 0.6) is 0 Å². The van der Waals surface area contributed by atoms with E-state index in [-0.39, 0.29) is 0 Å². The van der Waals surface area contributed by atoms with Gasteiger partial charge in [-0.05, 0) is 53.9 Å².